The molecule has 1 saturated carbocycles. The summed E-state index contributed by atoms with van der Waals surface area (Å²) in [5.74, 6) is -4.33. The zero-order valence-corrected chi connectivity index (χ0v) is 23.8. The number of sulfone groups is 1. The van der Waals surface area contributed by atoms with Gasteiger partial charge in [0.15, 0.2) is 11.6 Å². The topological polar surface area (TPSA) is 101 Å². The number of anilines is 2. The molecular weight excluding hydrogens is 601 g/mol. The van der Waals surface area contributed by atoms with Gasteiger partial charge in [0.05, 0.1) is 44.4 Å². The minimum atomic E-state index is -4.27. The number of hydrogen-bond acceptors (Lipinski definition) is 5. The molecule has 2 aliphatic heterocycles. The van der Waals surface area contributed by atoms with Crippen LogP contribution >= 0.6 is 11.6 Å². The monoisotopic (exact) mass is 624 g/mol. The van der Waals surface area contributed by atoms with E-state index in [0.29, 0.717) is 18.4 Å². The van der Waals surface area contributed by atoms with Gasteiger partial charge in [-0.3, -0.25) is 9.10 Å². The molecule has 1 N–H and O–H groups in total. The second-order valence-corrected chi connectivity index (χ2v) is 15.2. The molecular formula is C28H24ClF3N2O5S2. The van der Waals surface area contributed by atoms with Crippen molar-refractivity contribution < 1.29 is 34.8 Å². The number of rotatable bonds is 5. The van der Waals surface area contributed by atoms with Crippen molar-refractivity contribution in [3.63, 3.8) is 0 Å². The van der Waals surface area contributed by atoms with Gasteiger partial charge < -0.3 is 5.32 Å². The third-order valence-electron chi connectivity index (χ3n) is 8.28. The summed E-state index contributed by atoms with van der Waals surface area (Å²) < 4.78 is 96.3. The first kappa shape index (κ1) is 28.0. The van der Waals surface area contributed by atoms with Gasteiger partial charge in [-0.05, 0) is 80.1 Å². The van der Waals surface area contributed by atoms with Gasteiger partial charge in [-0.25, -0.2) is 30.0 Å². The third kappa shape index (κ3) is 4.60. The smallest absolute Gasteiger partial charge is 0.264 e. The van der Waals surface area contributed by atoms with Gasteiger partial charge in [-0.2, -0.15) is 0 Å². The van der Waals surface area contributed by atoms with Crippen LogP contribution in [0.15, 0.2) is 59.5 Å². The van der Waals surface area contributed by atoms with E-state index in [-0.39, 0.29) is 51.4 Å². The lowest BCUT2D eigenvalue weighted by molar-refractivity contribution is 0.102. The normalized spacial score (nSPS) is 21.1. The summed E-state index contributed by atoms with van der Waals surface area (Å²) in [5, 5.41) is 2.24. The molecule has 0 radical (unpaired) electrons. The van der Waals surface area contributed by atoms with E-state index in [1.165, 1.54) is 40.7 Å². The van der Waals surface area contributed by atoms with Crippen LogP contribution in [0.5, 0.6) is 0 Å². The van der Waals surface area contributed by atoms with E-state index in [0.717, 1.165) is 18.2 Å². The molecule has 6 rings (SSSR count). The minimum Gasteiger partial charge on any atom is -0.319 e. The zero-order chi connectivity index (χ0) is 29.3. The van der Waals surface area contributed by atoms with E-state index >= 15 is 0 Å². The van der Waals surface area contributed by atoms with E-state index in [1.54, 1.807) is 0 Å². The van der Waals surface area contributed by atoms with Crippen molar-refractivity contribution in [1.82, 2.24) is 0 Å². The van der Waals surface area contributed by atoms with Crippen LogP contribution in [-0.4, -0.2) is 40.3 Å². The molecule has 3 aliphatic rings. The Labute approximate surface area is 240 Å². The Bertz CT molecular complexity index is 1780. The quantitative estimate of drug-likeness (QED) is 0.407. The number of carbonyl (C=O) groups is 1. The predicted molar refractivity (Wildman–Crippen MR) is 148 cm³/mol. The number of amides is 1. The summed E-state index contributed by atoms with van der Waals surface area (Å²) in [6, 6.07) is 9.82. The van der Waals surface area contributed by atoms with Gasteiger partial charge in [0.2, 0.25) is 0 Å². The summed E-state index contributed by atoms with van der Waals surface area (Å²) in [6.07, 6.45) is 1.60. The van der Waals surface area contributed by atoms with Gasteiger partial charge >= 0.3 is 0 Å². The summed E-state index contributed by atoms with van der Waals surface area (Å²) >= 11 is 6.90. The second kappa shape index (κ2) is 9.74. The van der Waals surface area contributed by atoms with Crippen LogP contribution in [-0.2, 0) is 25.3 Å². The number of nitrogens with zero attached hydrogens (tertiary/aromatic N) is 1. The summed E-state index contributed by atoms with van der Waals surface area (Å²) in [7, 11) is -7.65. The number of sulfonamides is 1. The van der Waals surface area contributed by atoms with Crippen LogP contribution < -0.4 is 9.62 Å². The van der Waals surface area contributed by atoms with Crippen LogP contribution in [0.3, 0.4) is 0 Å². The van der Waals surface area contributed by atoms with Crippen LogP contribution in [0.1, 0.15) is 41.6 Å². The van der Waals surface area contributed by atoms with Crippen LogP contribution in [0.2, 0.25) is 5.02 Å². The van der Waals surface area contributed by atoms with Crippen LogP contribution in [0.25, 0.3) is 0 Å². The minimum absolute atomic E-state index is 0.0847. The zero-order valence-electron chi connectivity index (χ0n) is 21.4. The Morgan fingerprint density at radius 2 is 1.63 bits per heavy atom. The molecule has 13 heteroatoms. The van der Waals surface area contributed by atoms with Crippen molar-refractivity contribution in [2.45, 2.75) is 42.0 Å². The highest BCUT2D eigenvalue weighted by molar-refractivity contribution is 7.93. The molecule has 1 spiro atoms. The molecule has 216 valence electrons. The lowest BCUT2D eigenvalue weighted by Crippen LogP contribution is -2.52. The van der Waals surface area contributed by atoms with Crippen molar-refractivity contribution >= 4 is 48.7 Å². The van der Waals surface area contributed by atoms with Gasteiger partial charge in [0, 0.05) is 11.0 Å². The number of fused-ring (bicyclic) bond motifs is 2. The third-order valence-corrected chi connectivity index (χ3v) is 12.1. The first-order valence-corrected chi connectivity index (χ1v) is 16.6. The molecule has 1 unspecified atom stereocenters. The molecule has 3 aromatic rings. The fourth-order valence-electron chi connectivity index (χ4n) is 6.21. The highest BCUT2D eigenvalue weighted by atomic mass is 35.5. The van der Waals surface area contributed by atoms with Gasteiger partial charge in [-0.1, -0.05) is 17.7 Å². The first-order chi connectivity index (χ1) is 19.4. The van der Waals surface area contributed by atoms with E-state index in [1.807, 2.05) is 0 Å². The van der Waals surface area contributed by atoms with Crippen molar-refractivity contribution in [1.29, 1.82) is 0 Å². The summed E-state index contributed by atoms with van der Waals surface area (Å²) in [6.45, 7) is 0. The summed E-state index contributed by atoms with van der Waals surface area (Å²) in [5.41, 5.74) is -0.973. The summed E-state index contributed by atoms with van der Waals surface area (Å²) in [4.78, 5) is 13.1. The molecule has 0 bridgehead atoms. The van der Waals surface area contributed by atoms with Gasteiger partial charge in [0.25, 0.3) is 15.9 Å². The Balaban J connectivity index is 1.52. The molecule has 2 fully saturated rings. The Hall–Kier alpha value is -3.09. The van der Waals surface area contributed by atoms with Crippen molar-refractivity contribution in [3.8, 4) is 0 Å². The number of benzene rings is 3. The molecule has 1 atom stereocenters. The predicted octanol–water partition coefficient (Wildman–Crippen LogP) is 5.44. The fourth-order valence-corrected chi connectivity index (χ4v) is 9.99. The highest BCUT2D eigenvalue weighted by Crippen LogP contribution is 2.61. The molecule has 3 aromatic carbocycles. The standard InChI is InChI=1S/C28H24ClF3N2O5S2/c29-24-19(27(35)33-21-3-1-2-20(31)25(21)32)10-11-22-23(24)28(12-14-40(36,37)15-13-28)26(16-4-5-16)34(22)41(38,39)18-8-6-17(30)7-9-18/h1-3,6-11,16,26H,4-5,12-15H2,(H,33,35). The maximum atomic E-state index is 14.3. The van der Waals surface area contributed by atoms with Crippen LogP contribution in [0.4, 0.5) is 24.5 Å². The lowest BCUT2D eigenvalue weighted by Gasteiger charge is -2.42. The van der Waals surface area contributed by atoms with E-state index in [4.69, 9.17) is 11.6 Å². The Morgan fingerprint density at radius 3 is 2.27 bits per heavy atom. The average Bonchev–Trinajstić information content (AvgIpc) is 3.71. The molecule has 1 aliphatic carbocycles. The van der Waals surface area contributed by atoms with Crippen molar-refractivity contribution in [3.05, 3.63) is 88.2 Å². The average molecular weight is 625 g/mol. The van der Waals surface area contributed by atoms with Gasteiger partial charge in [-0.15, -0.1) is 0 Å². The molecule has 2 heterocycles. The largest absolute Gasteiger partial charge is 0.319 e. The lowest BCUT2D eigenvalue weighted by atomic mass is 9.70. The second-order valence-electron chi connectivity index (χ2n) is 10.7. The number of hydrogen-bond donors (Lipinski definition) is 1. The van der Waals surface area contributed by atoms with Crippen molar-refractivity contribution in [2.75, 3.05) is 21.1 Å². The van der Waals surface area contributed by atoms with E-state index in [2.05, 4.69) is 5.32 Å². The van der Waals surface area contributed by atoms with E-state index in [9.17, 15) is 34.8 Å². The van der Waals surface area contributed by atoms with Gasteiger partial charge in [0.1, 0.15) is 15.7 Å². The van der Waals surface area contributed by atoms with Crippen molar-refractivity contribution in [2.24, 2.45) is 5.92 Å². The number of nitrogens with one attached hydrogen (secondary N) is 1. The fraction of sp³-hybridized carbons (Fsp3) is 0.321. The first-order valence-electron chi connectivity index (χ1n) is 12.9. The SMILES string of the molecule is O=C(Nc1cccc(F)c1F)c1ccc2c(c1Cl)C1(CCS(=O)(=O)CC1)C(C1CC1)N2S(=O)(=O)c1ccc(F)cc1. The molecule has 0 aromatic heterocycles. The molecule has 1 saturated heterocycles. The Morgan fingerprint density at radius 1 is 0.976 bits per heavy atom. The number of carbonyl (C=O) groups excluding carboxylic acids is 1. The van der Waals surface area contributed by atoms with Crippen LogP contribution in [0, 0.1) is 23.4 Å². The molecule has 1 amide bonds. The molecule has 41 heavy (non-hydrogen) atoms. The Kier molecular flexibility index (Phi) is 6.66. The molecule has 7 nitrogen and oxygen atoms in total. The highest BCUT2D eigenvalue weighted by Gasteiger charge is 2.61. The number of halogens is 4. The van der Waals surface area contributed by atoms with E-state index < -0.39 is 60.4 Å². The maximum Gasteiger partial charge on any atom is 0.264 e. The maximum absolute atomic E-state index is 14.3.